The fraction of sp³-hybridized carbons (Fsp3) is 0.867. The number of nitrogens with zero attached hydrogens (tertiary/aromatic N) is 1. The summed E-state index contributed by atoms with van der Waals surface area (Å²) < 4.78 is 0. The summed E-state index contributed by atoms with van der Waals surface area (Å²) in [5.74, 6) is 1.02. The van der Waals surface area contributed by atoms with Crippen molar-refractivity contribution in [3.8, 4) is 0 Å². The molecule has 0 aliphatic heterocycles. The van der Waals surface area contributed by atoms with Gasteiger partial charge < -0.3 is 21.1 Å². The fourth-order valence-electron chi connectivity index (χ4n) is 1.99. The number of carbonyl (C=O) groups excluding carboxylic acids is 1. The van der Waals surface area contributed by atoms with Crippen molar-refractivity contribution in [2.24, 2.45) is 10.9 Å². The normalized spacial score (nSPS) is 12.9. The Labute approximate surface area is 128 Å². The van der Waals surface area contributed by atoms with Crippen molar-refractivity contribution in [3.63, 3.8) is 0 Å². The minimum Gasteiger partial charge on any atom is -0.396 e. The Balaban J connectivity index is 4.28. The molecule has 6 heteroatoms. The van der Waals surface area contributed by atoms with Crippen LogP contribution in [-0.4, -0.2) is 49.8 Å². The van der Waals surface area contributed by atoms with Crippen LogP contribution in [0.25, 0.3) is 0 Å². The van der Waals surface area contributed by atoms with Crippen LogP contribution < -0.4 is 16.0 Å². The molecule has 0 heterocycles. The Bertz CT molecular complexity index is 289. The molecule has 1 unspecified atom stereocenters. The Kier molecular flexibility index (Phi) is 12.8. The van der Waals surface area contributed by atoms with Crippen molar-refractivity contribution in [1.82, 2.24) is 16.0 Å². The molecule has 0 bridgehead atoms. The van der Waals surface area contributed by atoms with Crippen molar-refractivity contribution < 1.29 is 9.90 Å². The second kappa shape index (κ2) is 13.7. The first-order chi connectivity index (χ1) is 10.2. The lowest BCUT2D eigenvalue weighted by atomic mass is 10.0. The molecule has 21 heavy (non-hydrogen) atoms. The molecule has 1 amide bonds. The summed E-state index contributed by atoms with van der Waals surface area (Å²) in [6.07, 6.45) is 3.88. The topological polar surface area (TPSA) is 85.8 Å². The second-order valence-electron chi connectivity index (χ2n) is 5.09. The first kappa shape index (κ1) is 19.7. The van der Waals surface area contributed by atoms with E-state index in [0.717, 1.165) is 38.8 Å². The van der Waals surface area contributed by atoms with E-state index in [1.54, 1.807) is 0 Å². The number of carbonyl (C=O) groups is 1. The zero-order chi connectivity index (χ0) is 15.9. The molecule has 0 spiro atoms. The molecule has 0 saturated heterocycles. The van der Waals surface area contributed by atoms with Crippen LogP contribution in [0, 0.1) is 5.92 Å². The molecular formula is C15H32N4O2. The molecule has 0 aromatic rings. The predicted octanol–water partition coefficient (Wildman–Crippen LogP) is 0.866. The Hall–Kier alpha value is -1.30. The molecule has 4 N–H and O–H groups in total. The number of amides is 1. The van der Waals surface area contributed by atoms with Crippen LogP contribution >= 0.6 is 0 Å². The molecular weight excluding hydrogens is 268 g/mol. The molecule has 0 radical (unpaired) electrons. The number of hydrogen-bond donors (Lipinski definition) is 4. The molecule has 0 saturated carbocycles. The lowest BCUT2D eigenvalue weighted by molar-refractivity contribution is -0.119. The Morgan fingerprint density at radius 3 is 2.43 bits per heavy atom. The first-order valence-corrected chi connectivity index (χ1v) is 8.07. The lowest BCUT2D eigenvalue weighted by Gasteiger charge is -2.18. The van der Waals surface area contributed by atoms with Crippen LogP contribution in [-0.2, 0) is 4.79 Å². The molecule has 0 aliphatic carbocycles. The van der Waals surface area contributed by atoms with Gasteiger partial charge in [0.15, 0.2) is 5.96 Å². The summed E-state index contributed by atoms with van der Waals surface area (Å²) in [6.45, 7) is 8.69. The van der Waals surface area contributed by atoms with Gasteiger partial charge in [0.25, 0.3) is 0 Å². The number of rotatable bonds is 11. The van der Waals surface area contributed by atoms with Gasteiger partial charge in [0.1, 0.15) is 6.54 Å². The summed E-state index contributed by atoms with van der Waals surface area (Å²) in [5.41, 5.74) is 0. The van der Waals surface area contributed by atoms with Gasteiger partial charge >= 0.3 is 0 Å². The number of aliphatic imine (C=N–C) groups is 1. The highest BCUT2D eigenvalue weighted by molar-refractivity contribution is 5.84. The van der Waals surface area contributed by atoms with Crippen molar-refractivity contribution in [2.75, 3.05) is 32.8 Å². The van der Waals surface area contributed by atoms with Crippen LogP contribution in [0.5, 0.6) is 0 Å². The van der Waals surface area contributed by atoms with E-state index in [1.807, 2.05) is 13.8 Å². The van der Waals surface area contributed by atoms with E-state index < -0.39 is 0 Å². The van der Waals surface area contributed by atoms with E-state index in [0.29, 0.717) is 18.4 Å². The number of aliphatic hydroxyl groups excluding tert-OH is 1. The van der Waals surface area contributed by atoms with Gasteiger partial charge in [-0.05, 0) is 32.1 Å². The largest absolute Gasteiger partial charge is 0.396 e. The Morgan fingerprint density at radius 1 is 1.10 bits per heavy atom. The van der Waals surface area contributed by atoms with Gasteiger partial charge in [0, 0.05) is 26.2 Å². The van der Waals surface area contributed by atoms with Gasteiger partial charge in [-0.2, -0.15) is 0 Å². The smallest absolute Gasteiger partial charge is 0.241 e. The highest BCUT2D eigenvalue weighted by Crippen LogP contribution is 2.09. The van der Waals surface area contributed by atoms with Crippen LogP contribution in [0.2, 0.25) is 0 Å². The van der Waals surface area contributed by atoms with Crippen molar-refractivity contribution in [3.05, 3.63) is 0 Å². The molecule has 0 aromatic heterocycles. The molecule has 0 rings (SSSR count). The fourth-order valence-corrected chi connectivity index (χ4v) is 1.99. The first-order valence-electron chi connectivity index (χ1n) is 8.07. The van der Waals surface area contributed by atoms with Crippen molar-refractivity contribution in [1.29, 1.82) is 0 Å². The zero-order valence-electron chi connectivity index (χ0n) is 13.7. The quantitative estimate of drug-likeness (QED) is 0.337. The maximum absolute atomic E-state index is 11.5. The van der Waals surface area contributed by atoms with E-state index >= 15 is 0 Å². The average Bonchev–Trinajstić information content (AvgIpc) is 2.48. The maximum Gasteiger partial charge on any atom is 0.241 e. The van der Waals surface area contributed by atoms with E-state index in [1.165, 1.54) is 0 Å². The minimum absolute atomic E-state index is 0.0606. The monoisotopic (exact) mass is 300 g/mol. The van der Waals surface area contributed by atoms with Gasteiger partial charge in [-0.1, -0.05) is 20.3 Å². The van der Waals surface area contributed by atoms with Gasteiger partial charge in [0.2, 0.25) is 5.91 Å². The summed E-state index contributed by atoms with van der Waals surface area (Å²) in [5, 5.41) is 18.2. The lowest BCUT2D eigenvalue weighted by Crippen LogP contribution is -2.41. The third-order valence-corrected chi connectivity index (χ3v) is 3.09. The van der Waals surface area contributed by atoms with E-state index in [4.69, 9.17) is 5.11 Å². The second-order valence-corrected chi connectivity index (χ2v) is 5.09. The SMILES string of the molecule is CCCNC(=O)CN=C(NCC)NCC(CCC)CCO. The molecule has 0 aromatic carbocycles. The summed E-state index contributed by atoms with van der Waals surface area (Å²) in [4.78, 5) is 15.8. The molecule has 124 valence electrons. The molecule has 0 fully saturated rings. The predicted molar refractivity (Wildman–Crippen MR) is 87.4 cm³/mol. The standard InChI is InChI=1S/C15H32N4O2/c1-4-7-13(8-10-20)11-18-15(16-6-3)19-12-14(21)17-9-5-2/h13,20H,4-12H2,1-3H3,(H,17,21)(H2,16,18,19). The summed E-state index contributed by atoms with van der Waals surface area (Å²) in [7, 11) is 0. The summed E-state index contributed by atoms with van der Waals surface area (Å²) in [6, 6.07) is 0. The van der Waals surface area contributed by atoms with E-state index in [-0.39, 0.29) is 19.1 Å². The van der Waals surface area contributed by atoms with Crippen molar-refractivity contribution in [2.45, 2.75) is 46.5 Å². The van der Waals surface area contributed by atoms with Gasteiger partial charge in [-0.3, -0.25) is 4.79 Å². The molecule has 6 nitrogen and oxygen atoms in total. The van der Waals surface area contributed by atoms with Crippen LogP contribution in [0.15, 0.2) is 4.99 Å². The van der Waals surface area contributed by atoms with Crippen molar-refractivity contribution >= 4 is 11.9 Å². The highest BCUT2D eigenvalue weighted by atomic mass is 16.3. The minimum atomic E-state index is -0.0606. The van der Waals surface area contributed by atoms with E-state index in [2.05, 4.69) is 27.9 Å². The van der Waals surface area contributed by atoms with Crippen LogP contribution in [0.1, 0.15) is 46.5 Å². The van der Waals surface area contributed by atoms with Crippen LogP contribution in [0.3, 0.4) is 0 Å². The van der Waals surface area contributed by atoms with Crippen LogP contribution in [0.4, 0.5) is 0 Å². The van der Waals surface area contributed by atoms with Gasteiger partial charge in [-0.25, -0.2) is 4.99 Å². The Morgan fingerprint density at radius 2 is 1.86 bits per heavy atom. The summed E-state index contributed by atoms with van der Waals surface area (Å²) >= 11 is 0. The number of guanidine groups is 1. The maximum atomic E-state index is 11.5. The third-order valence-electron chi connectivity index (χ3n) is 3.09. The highest BCUT2D eigenvalue weighted by Gasteiger charge is 2.08. The zero-order valence-corrected chi connectivity index (χ0v) is 13.7. The number of aliphatic hydroxyl groups is 1. The third kappa shape index (κ3) is 11.1. The van der Waals surface area contributed by atoms with E-state index in [9.17, 15) is 4.79 Å². The average molecular weight is 300 g/mol. The molecule has 1 atom stereocenters. The van der Waals surface area contributed by atoms with Gasteiger partial charge in [0.05, 0.1) is 0 Å². The number of hydrogen-bond acceptors (Lipinski definition) is 3. The molecule has 0 aliphatic rings. The number of nitrogens with one attached hydrogen (secondary N) is 3. The van der Waals surface area contributed by atoms with Gasteiger partial charge in [-0.15, -0.1) is 0 Å².